The molecule has 0 aromatic heterocycles. The van der Waals surface area contributed by atoms with E-state index in [0.717, 1.165) is 13.2 Å². The van der Waals surface area contributed by atoms with Crippen molar-refractivity contribution in [1.82, 2.24) is 0 Å². The average Bonchev–Trinajstić information content (AvgIpc) is 2.71. The van der Waals surface area contributed by atoms with Gasteiger partial charge in [0.1, 0.15) is 17.5 Å². The molecule has 0 radical (unpaired) electrons. The number of amidine groups is 1. The van der Waals surface area contributed by atoms with E-state index < -0.39 is 28.1 Å². The van der Waals surface area contributed by atoms with Gasteiger partial charge in [0.15, 0.2) is 0 Å². The molecule has 0 aliphatic heterocycles. The fourth-order valence-electron chi connectivity index (χ4n) is 2.49. The molecular weight excluding hydrogens is 532 g/mol. The smallest absolute Gasteiger partial charge is 0.668 e. The van der Waals surface area contributed by atoms with Gasteiger partial charge in [0.2, 0.25) is 5.69 Å². The fraction of sp³-hybridized carbons (Fsp3) is 0.417. The van der Waals surface area contributed by atoms with Crippen molar-refractivity contribution in [3.8, 4) is 0 Å². The Labute approximate surface area is 239 Å². The first-order valence-corrected chi connectivity index (χ1v) is 18.6. The van der Waals surface area contributed by atoms with Gasteiger partial charge < -0.3 is 15.1 Å². The molecule has 0 heterocycles. The number of nitrogens with zero attached hydrogens (tertiary/aromatic N) is 2. The number of benzene rings is 2. The molecule has 0 amide bonds. The van der Waals surface area contributed by atoms with Crippen molar-refractivity contribution >= 4 is 51.2 Å². The van der Waals surface area contributed by atoms with E-state index in [9.17, 15) is 8.78 Å². The Morgan fingerprint density at radius 1 is 0.944 bits per heavy atom. The number of halogens is 4. The molecule has 196 valence electrons. The van der Waals surface area contributed by atoms with Gasteiger partial charge in [-0.3, -0.25) is 5.41 Å². The number of rotatable bonds is 5. The van der Waals surface area contributed by atoms with E-state index in [0.29, 0.717) is 10.0 Å². The second kappa shape index (κ2) is 19.8. The van der Waals surface area contributed by atoms with Gasteiger partial charge in [-0.1, -0.05) is 79.0 Å². The van der Waals surface area contributed by atoms with Crippen molar-refractivity contribution in [2.24, 2.45) is 5.73 Å². The SMILES string of the molecule is CCOCC.C[Si](C)(C)[N-][Si](C)(C)C.N=C(N)c1cc(Cl)ccc1F.[C-]#[N+]c1cc(Cl)ccc1F.[Li+]. The van der Waals surface area contributed by atoms with Crippen molar-refractivity contribution in [2.45, 2.75) is 53.1 Å². The Morgan fingerprint density at radius 3 is 1.61 bits per heavy atom. The molecule has 0 unspecified atom stereocenters. The van der Waals surface area contributed by atoms with Crippen molar-refractivity contribution in [3.63, 3.8) is 0 Å². The quantitative estimate of drug-likeness (QED) is 0.205. The summed E-state index contributed by atoms with van der Waals surface area (Å²) in [5.74, 6) is -1.37. The van der Waals surface area contributed by atoms with Gasteiger partial charge in [0, 0.05) is 23.3 Å². The van der Waals surface area contributed by atoms with Crippen molar-refractivity contribution < 1.29 is 32.4 Å². The molecule has 0 saturated carbocycles. The third-order valence-electron chi connectivity index (χ3n) is 3.33. The maximum absolute atomic E-state index is 12.7. The monoisotopic (exact) mass is 568 g/mol. The van der Waals surface area contributed by atoms with E-state index in [4.69, 9.17) is 50.3 Å². The maximum atomic E-state index is 12.7. The Hall–Kier alpha value is -1.21. The number of nitrogens with two attached hydrogens (primary N) is 1. The van der Waals surface area contributed by atoms with E-state index in [1.807, 2.05) is 13.8 Å². The second-order valence-corrected chi connectivity index (χ2v) is 19.4. The number of hydrogen-bond donors (Lipinski definition) is 2. The van der Waals surface area contributed by atoms with Crippen LogP contribution in [0.3, 0.4) is 0 Å². The number of nitrogens with one attached hydrogen (secondary N) is 1. The van der Waals surface area contributed by atoms with E-state index in [1.165, 1.54) is 36.4 Å². The summed E-state index contributed by atoms with van der Waals surface area (Å²) in [5, 5.41) is 7.71. The van der Waals surface area contributed by atoms with Gasteiger partial charge >= 0.3 is 18.9 Å². The molecular formula is C24H37Cl2F2LiN4OSi2. The van der Waals surface area contributed by atoms with Crippen molar-refractivity contribution in [3.05, 3.63) is 79.7 Å². The van der Waals surface area contributed by atoms with Crippen LogP contribution in [0.25, 0.3) is 9.49 Å². The van der Waals surface area contributed by atoms with Gasteiger partial charge in [-0.05, 0) is 50.2 Å². The molecule has 0 aliphatic carbocycles. The summed E-state index contributed by atoms with van der Waals surface area (Å²) in [6.45, 7) is 26.0. The fourth-order valence-corrected chi connectivity index (χ4v) is 10.9. The van der Waals surface area contributed by atoms with Crippen LogP contribution in [-0.4, -0.2) is 35.5 Å². The molecule has 0 spiro atoms. The standard InChI is InChI=1S/C7H6ClFN2.C7H3ClFN.C6H18NSi2.C4H10O.Li/c8-4-1-2-6(9)5(3-4)7(10)11;1-10-7-4-5(8)2-3-6(7)9;1-8(2,3)7-9(4,5)6;1-3-5-4-2;/h1-3H,(H3,10,11);2-4H;1-6H3;3-4H2,1-2H3;/q;;-1;;+1. The van der Waals surface area contributed by atoms with Gasteiger partial charge in [-0.25, -0.2) is 13.6 Å². The zero-order valence-corrected chi connectivity index (χ0v) is 26.3. The molecule has 0 fully saturated rings. The van der Waals surface area contributed by atoms with Crippen LogP contribution in [0.15, 0.2) is 36.4 Å². The summed E-state index contributed by atoms with van der Waals surface area (Å²) >= 11 is 11.0. The van der Waals surface area contributed by atoms with E-state index in [2.05, 4.69) is 44.1 Å². The Balaban J connectivity index is -0.000000412. The first-order valence-electron chi connectivity index (χ1n) is 10.9. The Bertz CT molecular complexity index is 953. The minimum absolute atomic E-state index is 0. The van der Waals surface area contributed by atoms with Crippen molar-refractivity contribution in [2.75, 3.05) is 13.2 Å². The van der Waals surface area contributed by atoms with Crippen LogP contribution < -0.4 is 24.6 Å². The van der Waals surface area contributed by atoms with Crippen LogP contribution in [0.5, 0.6) is 0 Å². The first-order chi connectivity index (χ1) is 16.0. The molecule has 2 rings (SSSR count). The van der Waals surface area contributed by atoms with Crippen LogP contribution >= 0.6 is 23.2 Å². The molecule has 36 heavy (non-hydrogen) atoms. The summed E-state index contributed by atoms with van der Waals surface area (Å²) in [4.78, 5) is 2.92. The van der Waals surface area contributed by atoms with Crippen LogP contribution in [0.4, 0.5) is 14.5 Å². The van der Waals surface area contributed by atoms with E-state index in [1.54, 1.807) is 0 Å². The van der Waals surface area contributed by atoms with Crippen LogP contribution in [0.1, 0.15) is 19.4 Å². The molecule has 3 N–H and O–H groups in total. The van der Waals surface area contributed by atoms with Crippen LogP contribution in [-0.2, 0) is 4.74 Å². The topological polar surface area (TPSA) is 77.6 Å². The van der Waals surface area contributed by atoms with Gasteiger partial charge in [0.25, 0.3) is 0 Å². The molecule has 0 atom stereocenters. The Morgan fingerprint density at radius 2 is 1.36 bits per heavy atom. The van der Waals surface area contributed by atoms with E-state index >= 15 is 0 Å². The average molecular weight is 570 g/mol. The van der Waals surface area contributed by atoms with Crippen LogP contribution in [0, 0.1) is 23.6 Å². The molecule has 12 heteroatoms. The van der Waals surface area contributed by atoms with E-state index in [-0.39, 0.29) is 35.9 Å². The van der Waals surface area contributed by atoms with Crippen LogP contribution in [0.2, 0.25) is 49.3 Å². The molecule has 0 saturated heterocycles. The number of hydrogen-bond acceptors (Lipinski definition) is 2. The third kappa shape index (κ3) is 22.0. The predicted octanol–water partition coefficient (Wildman–Crippen LogP) is 5.87. The number of nitrogen functional groups attached to an aromatic ring is 1. The molecule has 0 aliphatic rings. The largest absolute Gasteiger partial charge is 1.00 e. The third-order valence-corrected chi connectivity index (χ3v) is 9.16. The molecule has 2 aromatic carbocycles. The number of ether oxygens (including phenoxy) is 1. The maximum Gasteiger partial charge on any atom is 1.00 e. The predicted molar refractivity (Wildman–Crippen MR) is 152 cm³/mol. The minimum atomic E-state index is -1.11. The molecule has 0 bridgehead atoms. The summed E-state index contributed by atoms with van der Waals surface area (Å²) in [6, 6.07) is 7.78. The Kier molecular flexibility index (Phi) is 21.7. The zero-order chi connectivity index (χ0) is 27.8. The second-order valence-electron chi connectivity index (χ2n) is 8.98. The summed E-state index contributed by atoms with van der Waals surface area (Å²) in [5.41, 5.74) is 5.07. The van der Waals surface area contributed by atoms with Crippen molar-refractivity contribution in [1.29, 1.82) is 5.41 Å². The summed E-state index contributed by atoms with van der Waals surface area (Å²) < 4.78 is 34.9. The summed E-state index contributed by atoms with van der Waals surface area (Å²) in [6.07, 6.45) is 0. The minimum Gasteiger partial charge on any atom is -0.668 e. The van der Waals surface area contributed by atoms with Gasteiger partial charge in [-0.15, -0.1) is 0 Å². The van der Waals surface area contributed by atoms with Gasteiger partial charge in [0.05, 0.1) is 12.1 Å². The van der Waals surface area contributed by atoms with Gasteiger partial charge in [-0.2, -0.15) is 0 Å². The molecule has 2 aromatic rings. The summed E-state index contributed by atoms with van der Waals surface area (Å²) in [7, 11) is -2.21. The molecule has 5 nitrogen and oxygen atoms in total. The first kappa shape index (κ1) is 39.3. The normalized spacial score (nSPS) is 10.1. The zero-order valence-electron chi connectivity index (χ0n) is 22.8.